The first kappa shape index (κ1) is 13.5. The van der Waals surface area contributed by atoms with Gasteiger partial charge >= 0.3 is 0 Å². The second-order valence-corrected chi connectivity index (χ2v) is 5.93. The third-order valence-electron chi connectivity index (χ3n) is 4.20. The zero-order chi connectivity index (χ0) is 14.0. The fourth-order valence-electron chi connectivity index (χ4n) is 3.03. The third kappa shape index (κ3) is 2.55. The molecule has 1 aromatic heterocycles. The van der Waals surface area contributed by atoms with Gasteiger partial charge in [0.2, 0.25) is 0 Å². The SMILES string of the molecule is Oc1ccc2ccnc(NC3(CCl)CCCCC3)c2c1. The number of phenols is 1. The molecule has 20 heavy (non-hydrogen) atoms. The number of hydrogen-bond donors (Lipinski definition) is 2. The van der Waals surface area contributed by atoms with Crippen LogP contribution in [0.4, 0.5) is 5.82 Å². The van der Waals surface area contributed by atoms with E-state index in [1.54, 1.807) is 18.3 Å². The summed E-state index contributed by atoms with van der Waals surface area (Å²) in [4.78, 5) is 4.45. The lowest BCUT2D eigenvalue weighted by Crippen LogP contribution is -2.42. The Morgan fingerprint density at radius 3 is 2.75 bits per heavy atom. The number of anilines is 1. The maximum absolute atomic E-state index is 9.70. The first-order valence-corrected chi connectivity index (χ1v) is 7.68. The summed E-state index contributed by atoms with van der Waals surface area (Å²) in [6.07, 6.45) is 7.64. The van der Waals surface area contributed by atoms with Crippen molar-refractivity contribution in [1.82, 2.24) is 4.98 Å². The fraction of sp³-hybridized carbons (Fsp3) is 0.438. The van der Waals surface area contributed by atoms with Gasteiger partial charge in [0.25, 0.3) is 0 Å². The van der Waals surface area contributed by atoms with E-state index in [0.29, 0.717) is 5.88 Å². The van der Waals surface area contributed by atoms with Crippen LogP contribution < -0.4 is 5.32 Å². The number of nitrogens with one attached hydrogen (secondary N) is 1. The van der Waals surface area contributed by atoms with E-state index in [2.05, 4.69) is 10.3 Å². The van der Waals surface area contributed by atoms with Gasteiger partial charge in [-0.15, -0.1) is 11.6 Å². The van der Waals surface area contributed by atoms with Crippen LogP contribution in [0, 0.1) is 0 Å². The number of alkyl halides is 1. The lowest BCUT2D eigenvalue weighted by molar-refractivity contribution is 0.353. The molecule has 1 aliphatic carbocycles. The molecular formula is C16H19ClN2O. The van der Waals surface area contributed by atoms with Gasteiger partial charge in [0, 0.05) is 17.5 Å². The number of fused-ring (bicyclic) bond motifs is 1. The predicted molar refractivity (Wildman–Crippen MR) is 83.6 cm³/mol. The van der Waals surface area contributed by atoms with Crippen molar-refractivity contribution in [3.05, 3.63) is 30.5 Å². The summed E-state index contributed by atoms with van der Waals surface area (Å²) < 4.78 is 0. The molecule has 1 fully saturated rings. The zero-order valence-electron chi connectivity index (χ0n) is 11.4. The molecule has 0 amide bonds. The molecule has 0 unspecified atom stereocenters. The number of aromatic nitrogens is 1. The van der Waals surface area contributed by atoms with Gasteiger partial charge in [-0.2, -0.15) is 0 Å². The van der Waals surface area contributed by atoms with Crippen LogP contribution in [0.2, 0.25) is 0 Å². The molecule has 0 radical (unpaired) electrons. The van der Waals surface area contributed by atoms with Crippen LogP contribution in [0.25, 0.3) is 10.8 Å². The lowest BCUT2D eigenvalue weighted by atomic mass is 9.83. The van der Waals surface area contributed by atoms with Crippen molar-refractivity contribution in [3.63, 3.8) is 0 Å². The standard InChI is InChI=1S/C16H19ClN2O/c17-11-16(7-2-1-3-8-16)19-15-14-10-13(20)5-4-12(14)6-9-18-15/h4-6,9-10,20H,1-3,7-8,11H2,(H,18,19). The van der Waals surface area contributed by atoms with E-state index >= 15 is 0 Å². The largest absolute Gasteiger partial charge is 0.508 e. The monoisotopic (exact) mass is 290 g/mol. The smallest absolute Gasteiger partial charge is 0.134 e. The molecule has 0 saturated heterocycles. The molecule has 2 N–H and O–H groups in total. The molecule has 1 aliphatic rings. The Kier molecular flexibility index (Phi) is 3.70. The van der Waals surface area contributed by atoms with Gasteiger partial charge < -0.3 is 10.4 Å². The molecule has 3 rings (SSSR count). The van der Waals surface area contributed by atoms with Crippen LogP contribution in [-0.2, 0) is 0 Å². The van der Waals surface area contributed by atoms with Crippen LogP contribution >= 0.6 is 11.6 Å². The highest BCUT2D eigenvalue weighted by Gasteiger charge is 2.31. The number of benzene rings is 1. The quantitative estimate of drug-likeness (QED) is 0.829. The van der Waals surface area contributed by atoms with Crippen LogP contribution in [0.3, 0.4) is 0 Å². The van der Waals surface area contributed by atoms with Crippen LogP contribution in [0.1, 0.15) is 32.1 Å². The van der Waals surface area contributed by atoms with E-state index in [4.69, 9.17) is 11.6 Å². The van der Waals surface area contributed by atoms with E-state index in [1.165, 1.54) is 19.3 Å². The van der Waals surface area contributed by atoms with E-state index in [-0.39, 0.29) is 11.3 Å². The summed E-state index contributed by atoms with van der Waals surface area (Å²) in [5.74, 6) is 1.67. The van der Waals surface area contributed by atoms with Crippen LogP contribution in [0.5, 0.6) is 5.75 Å². The number of halogens is 1. The van der Waals surface area contributed by atoms with E-state index in [1.807, 2.05) is 12.1 Å². The Morgan fingerprint density at radius 1 is 1.20 bits per heavy atom. The second kappa shape index (κ2) is 5.49. The molecule has 1 saturated carbocycles. The van der Waals surface area contributed by atoms with Crippen molar-refractivity contribution >= 4 is 28.2 Å². The number of phenolic OH excluding ortho intramolecular Hbond substituents is 1. The third-order valence-corrected chi connectivity index (χ3v) is 4.71. The van der Waals surface area contributed by atoms with Gasteiger partial charge in [0.1, 0.15) is 11.6 Å². The van der Waals surface area contributed by atoms with Crippen molar-refractivity contribution in [2.45, 2.75) is 37.6 Å². The van der Waals surface area contributed by atoms with Crippen LogP contribution in [0.15, 0.2) is 30.5 Å². The molecule has 0 atom stereocenters. The number of hydrogen-bond acceptors (Lipinski definition) is 3. The fourth-order valence-corrected chi connectivity index (χ4v) is 3.36. The average Bonchev–Trinajstić information content (AvgIpc) is 2.49. The molecule has 3 nitrogen and oxygen atoms in total. The van der Waals surface area contributed by atoms with Crippen molar-refractivity contribution in [3.8, 4) is 5.75 Å². The molecule has 0 bridgehead atoms. The maximum atomic E-state index is 9.70. The summed E-state index contributed by atoms with van der Waals surface area (Å²) >= 11 is 6.23. The minimum atomic E-state index is -0.0629. The number of aromatic hydroxyl groups is 1. The number of pyridine rings is 1. The normalized spacial score (nSPS) is 18.1. The van der Waals surface area contributed by atoms with Gasteiger partial charge in [-0.05, 0) is 36.4 Å². The molecule has 1 aromatic carbocycles. The van der Waals surface area contributed by atoms with E-state index in [9.17, 15) is 5.11 Å². The Labute approximate surface area is 124 Å². The average molecular weight is 291 g/mol. The Bertz CT molecular complexity index is 608. The first-order chi connectivity index (χ1) is 9.72. The van der Waals surface area contributed by atoms with E-state index in [0.717, 1.165) is 29.4 Å². The molecule has 0 aliphatic heterocycles. The number of rotatable bonds is 3. The minimum Gasteiger partial charge on any atom is -0.508 e. The van der Waals surface area contributed by atoms with Crippen molar-refractivity contribution in [2.75, 3.05) is 11.2 Å². The van der Waals surface area contributed by atoms with Gasteiger partial charge in [-0.1, -0.05) is 25.3 Å². The van der Waals surface area contributed by atoms with Crippen molar-refractivity contribution in [1.29, 1.82) is 0 Å². The molecule has 2 aromatic rings. The molecule has 1 heterocycles. The highest BCUT2D eigenvalue weighted by Crippen LogP contribution is 2.34. The summed E-state index contributed by atoms with van der Waals surface area (Å²) in [7, 11) is 0. The zero-order valence-corrected chi connectivity index (χ0v) is 12.2. The summed E-state index contributed by atoms with van der Waals surface area (Å²) in [5, 5.41) is 15.3. The number of nitrogens with zero attached hydrogens (tertiary/aromatic N) is 1. The predicted octanol–water partition coefficient (Wildman–Crippen LogP) is 4.29. The van der Waals surface area contributed by atoms with Crippen molar-refractivity contribution < 1.29 is 5.11 Å². The molecular weight excluding hydrogens is 272 g/mol. The summed E-state index contributed by atoms with van der Waals surface area (Å²) in [6.45, 7) is 0. The summed E-state index contributed by atoms with van der Waals surface area (Å²) in [5.41, 5.74) is -0.0629. The van der Waals surface area contributed by atoms with E-state index < -0.39 is 0 Å². The van der Waals surface area contributed by atoms with Gasteiger partial charge in [-0.25, -0.2) is 4.98 Å². The minimum absolute atomic E-state index is 0.0629. The highest BCUT2D eigenvalue weighted by atomic mass is 35.5. The Hall–Kier alpha value is -1.48. The molecule has 106 valence electrons. The topological polar surface area (TPSA) is 45.2 Å². The van der Waals surface area contributed by atoms with Crippen LogP contribution in [-0.4, -0.2) is 21.5 Å². The van der Waals surface area contributed by atoms with Gasteiger partial charge in [-0.3, -0.25) is 0 Å². The van der Waals surface area contributed by atoms with Crippen molar-refractivity contribution in [2.24, 2.45) is 0 Å². The second-order valence-electron chi connectivity index (χ2n) is 5.66. The summed E-state index contributed by atoms with van der Waals surface area (Å²) in [6, 6.07) is 7.32. The maximum Gasteiger partial charge on any atom is 0.134 e. The Morgan fingerprint density at radius 2 is 2.00 bits per heavy atom. The molecule has 0 spiro atoms. The van der Waals surface area contributed by atoms with Gasteiger partial charge in [0.05, 0.1) is 5.54 Å². The van der Waals surface area contributed by atoms with Gasteiger partial charge in [0.15, 0.2) is 0 Å². The first-order valence-electron chi connectivity index (χ1n) is 7.14. The highest BCUT2D eigenvalue weighted by molar-refractivity contribution is 6.19. The lowest BCUT2D eigenvalue weighted by Gasteiger charge is -2.37. The molecule has 4 heteroatoms. The Balaban J connectivity index is 1.99.